The molecule has 1 unspecified atom stereocenters. The molecule has 1 atom stereocenters. The fraction of sp³-hybridized carbons (Fsp3) is 0.944. The number of carboxylic acid groups (broad SMARTS) is 1. The van der Waals surface area contributed by atoms with Crippen LogP contribution in [-0.2, 0) is 9.36 Å². The minimum absolute atomic E-state index is 0.0109. The van der Waals surface area contributed by atoms with Crippen LogP contribution >= 0.6 is 7.37 Å². The van der Waals surface area contributed by atoms with E-state index in [-0.39, 0.29) is 12.6 Å². The molecule has 0 aliphatic carbocycles. The summed E-state index contributed by atoms with van der Waals surface area (Å²) in [5.74, 6) is -0.893. The largest absolute Gasteiger partial charge is 0.481 e. The van der Waals surface area contributed by atoms with E-state index in [9.17, 15) is 14.3 Å². The molecule has 0 aromatic rings. The van der Waals surface area contributed by atoms with Crippen molar-refractivity contribution < 1.29 is 19.4 Å². The van der Waals surface area contributed by atoms with E-state index in [1.807, 2.05) is 0 Å². The highest BCUT2D eigenvalue weighted by molar-refractivity contribution is 7.57. The van der Waals surface area contributed by atoms with Crippen molar-refractivity contribution in [1.29, 1.82) is 0 Å². The monoisotopic (exact) mass is 348 g/mol. The Kier molecular flexibility index (Phi) is 15.0. The first-order valence-corrected chi connectivity index (χ1v) is 11.5. The van der Waals surface area contributed by atoms with Crippen LogP contribution in [0.1, 0.15) is 96.8 Å². The van der Waals surface area contributed by atoms with Gasteiger partial charge in [-0.25, -0.2) is 0 Å². The zero-order valence-corrected chi connectivity index (χ0v) is 15.9. The number of rotatable bonds is 17. The molecular weight excluding hydrogens is 311 g/mol. The van der Waals surface area contributed by atoms with Gasteiger partial charge in [0.25, 0.3) is 0 Å². The number of hydrogen-bond donors (Lipinski definition) is 2. The lowest BCUT2D eigenvalue weighted by Gasteiger charge is -2.10. The van der Waals surface area contributed by atoms with Crippen molar-refractivity contribution in [2.75, 3.05) is 12.3 Å². The Morgan fingerprint density at radius 3 is 1.57 bits per heavy atom. The molecule has 0 amide bonds. The van der Waals surface area contributed by atoms with Crippen molar-refractivity contribution in [2.45, 2.75) is 96.8 Å². The molecule has 0 bridgehead atoms. The highest BCUT2D eigenvalue weighted by atomic mass is 31.2. The Hall–Kier alpha value is -0.340. The molecule has 0 fully saturated rings. The predicted octanol–water partition coefficient (Wildman–Crippen LogP) is 5.82. The highest BCUT2D eigenvalue weighted by Crippen LogP contribution is 2.42. The first kappa shape index (κ1) is 22.7. The third kappa shape index (κ3) is 17.8. The van der Waals surface area contributed by atoms with E-state index in [2.05, 4.69) is 6.92 Å². The maximum absolute atomic E-state index is 11.8. The van der Waals surface area contributed by atoms with Crippen LogP contribution in [0.4, 0.5) is 0 Å². The molecule has 0 rings (SSSR count). The maximum atomic E-state index is 11.8. The maximum Gasteiger partial charge on any atom is 0.303 e. The summed E-state index contributed by atoms with van der Waals surface area (Å²) in [6.45, 7) is 2.24. The fourth-order valence-electron chi connectivity index (χ4n) is 2.79. The van der Waals surface area contributed by atoms with Crippen LogP contribution in [-0.4, -0.2) is 28.3 Å². The van der Waals surface area contributed by atoms with E-state index in [0.29, 0.717) is 12.6 Å². The lowest BCUT2D eigenvalue weighted by molar-refractivity contribution is -0.137. The third-order valence-corrected chi connectivity index (χ3v) is 6.29. The van der Waals surface area contributed by atoms with Crippen LogP contribution in [0.15, 0.2) is 0 Å². The van der Waals surface area contributed by atoms with Gasteiger partial charge in [0.05, 0.1) is 0 Å². The Balaban J connectivity index is 3.31. The van der Waals surface area contributed by atoms with Crippen LogP contribution < -0.4 is 0 Å². The summed E-state index contributed by atoms with van der Waals surface area (Å²) in [6, 6.07) is 0. The summed E-state index contributed by atoms with van der Waals surface area (Å²) >= 11 is 0. The predicted molar refractivity (Wildman–Crippen MR) is 97.5 cm³/mol. The number of unbranched alkanes of at least 4 members (excludes halogenated alkanes) is 11. The van der Waals surface area contributed by atoms with Gasteiger partial charge in [-0.05, 0) is 12.8 Å². The minimum atomic E-state index is -3.09. The Bertz CT molecular complexity index is 331. The lowest BCUT2D eigenvalue weighted by Crippen LogP contribution is -2.00. The van der Waals surface area contributed by atoms with Crippen LogP contribution in [0.25, 0.3) is 0 Å². The minimum Gasteiger partial charge on any atom is -0.481 e. The molecule has 0 saturated heterocycles. The molecule has 0 aromatic heterocycles. The molecule has 138 valence electrons. The van der Waals surface area contributed by atoms with Crippen LogP contribution in [0, 0.1) is 0 Å². The smallest absolute Gasteiger partial charge is 0.303 e. The molecule has 5 heteroatoms. The summed E-state index contributed by atoms with van der Waals surface area (Å²) in [5.41, 5.74) is 0. The van der Waals surface area contributed by atoms with E-state index < -0.39 is 13.3 Å². The normalized spacial score (nSPS) is 13.8. The summed E-state index contributed by atoms with van der Waals surface area (Å²) in [7, 11) is -3.09. The quantitative estimate of drug-likeness (QED) is 0.256. The summed E-state index contributed by atoms with van der Waals surface area (Å²) in [4.78, 5) is 20.1. The number of aliphatic carboxylic acids is 1. The summed E-state index contributed by atoms with van der Waals surface area (Å²) in [6.07, 6.45) is 15.7. The van der Waals surface area contributed by atoms with Gasteiger partial charge in [0.15, 0.2) is 0 Å². The molecule has 0 heterocycles. The topological polar surface area (TPSA) is 74.6 Å². The van der Waals surface area contributed by atoms with Gasteiger partial charge in [-0.2, -0.15) is 0 Å². The fourth-order valence-corrected chi connectivity index (χ4v) is 4.38. The van der Waals surface area contributed by atoms with Crippen LogP contribution in [0.5, 0.6) is 0 Å². The van der Waals surface area contributed by atoms with Crippen molar-refractivity contribution in [1.82, 2.24) is 0 Å². The Morgan fingerprint density at radius 2 is 1.13 bits per heavy atom. The molecule has 4 nitrogen and oxygen atoms in total. The number of carbonyl (C=O) groups is 1. The van der Waals surface area contributed by atoms with Gasteiger partial charge in [-0.15, -0.1) is 0 Å². The average Bonchev–Trinajstić information content (AvgIpc) is 2.47. The number of hydrogen-bond acceptors (Lipinski definition) is 2. The van der Waals surface area contributed by atoms with Gasteiger partial charge in [0.2, 0.25) is 7.37 Å². The third-order valence-electron chi connectivity index (χ3n) is 4.26. The van der Waals surface area contributed by atoms with Crippen molar-refractivity contribution in [2.24, 2.45) is 0 Å². The van der Waals surface area contributed by atoms with Crippen molar-refractivity contribution in [3.8, 4) is 0 Å². The molecule has 0 saturated carbocycles. The SMILES string of the molecule is CCCCCCCCCCCCCCP(=O)(O)CCCC(=O)O. The highest BCUT2D eigenvalue weighted by Gasteiger charge is 2.17. The molecular formula is C18H37O4P. The second-order valence-corrected chi connectivity index (χ2v) is 9.27. The molecule has 0 aliphatic rings. The van der Waals surface area contributed by atoms with E-state index >= 15 is 0 Å². The zero-order chi connectivity index (χ0) is 17.4. The van der Waals surface area contributed by atoms with Gasteiger partial charge >= 0.3 is 5.97 Å². The first-order chi connectivity index (χ1) is 11.0. The van der Waals surface area contributed by atoms with Gasteiger partial charge in [0.1, 0.15) is 0 Å². The van der Waals surface area contributed by atoms with Gasteiger partial charge in [-0.1, -0.05) is 77.6 Å². The van der Waals surface area contributed by atoms with E-state index in [0.717, 1.165) is 19.3 Å². The van der Waals surface area contributed by atoms with Crippen molar-refractivity contribution in [3.63, 3.8) is 0 Å². The lowest BCUT2D eigenvalue weighted by atomic mass is 10.1. The van der Waals surface area contributed by atoms with E-state index in [1.165, 1.54) is 57.8 Å². The van der Waals surface area contributed by atoms with E-state index in [4.69, 9.17) is 5.11 Å². The second kappa shape index (κ2) is 15.2. The summed E-state index contributed by atoms with van der Waals surface area (Å²) < 4.78 is 11.8. The molecule has 2 N–H and O–H groups in total. The first-order valence-electron chi connectivity index (χ1n) is 9.50. The molecule has 0 aromatic carbocycles. The average molecular weight is 348 g/mol. The van der Waals surface area contributed by atoms with Gasteiger partial charge in [0, 0.05) is 18.7 Å². The molecule has 0 spiro atoms. The van der Waals surface area contributed by atoms with Crippen molar-refractivity contribution >= 4 is 13.3 Å². The van der Waals surface area contributed by atoms with E-state index in [1.54, 1.807) is 0 Å². The molecule has 23 heavy (non-hydrogen) atoms. The molecule has 0 radical (unpaired) electrons. The molecule has 0 aliphatic heterocycles. The Morgan fingerprint density at radius 1 is 0.739 bits per heavy atom. The van der Waals surface area contributed by atoms with Crippen molar-refractivity contribution in [3.05, 3.63) is 0 Å². The number of carboxylic acids is 1. The zero-order valence-electron chi connectivity index (χ0n) is 15.0. The van der Waals surface area contributed by atoms with Gasteiger partial charge < -0.3 is 10.00 Å². The Labute approximate surface area is 142 Å². The van der Waals surface area contributed by atoms with Gasteiger partial charge in [-0.3, -0.25) is 9.36 Å². The second-order valence-electron chi connectivity index (χ2n) is 6.68. The standard InChI is InChI=1S/C18H37O4P/c1-2-3-4-5-6-7-8-9-10-11-12-13-16-23(21,22)17-14-15-18(19)20/h2-17H2,1H3,(H,19,20)(H,21,22). The van der Waals surface area contributed by atoms with Crippen LogP contribution in [0.2, 0.25) is 0 Å². The van der Waals surface area contributed by atoms with Crippen LogP contribution in [0.3, 0.4) is 0 Å². The summed E-state index contributed by atoms with van der Waals surface area (Å²) in [5, 5.41) is 8.53.